The number of nitrogens with one attached hydrogen (secondary N) is 8. The van der Waals surface area contributed by atoms with E-state index >= 15 is 0 Å². The van der Waals surface area contributed by atoms with Crippen LogP contribution >= 0.6 is 0 Å². The van der Waals surface area contributed by atoms with E-state index in [1.807, 2.05) is 0 Å². The smallest absolute Gasteiger partial charge is 0.245 e. The molecule has 8 atom stereocenters. The van der Waals surface area contributed by atoms with Gasteiger partial charge in [0.05, 0.1) is 19.6 Å². The predicted molar refractivity (Wildman–Crippen MR) is 254 cm³/mol. The Morgan fingerprint density at radius 2 is 1.23 bits per heavy atom. The zero-order valence-electron chi connectivity index (χ0n) is 41.7. The monoisotopic (exact) mass is 979 g/mol. The first kappa shape index (κ1) is 60.5. The van der Waals surface area contributed by atoms with E-state index < -0.39 is 120 Å². The molecule has 25 heteroatoms. The number of carbonyl (C=O) groups is 11. The number of hydrogen-bond donors (Lipinski definition) is 11. The lowest BCUT2D eigenvalue weighted by Crippen LogP contribution is -2.60. The summed E-state index contributed by atoms with van der Waals surface area (Å²) in [6.07, 6.45) is 1.53. The van der Waals surface area contributed by atoms with E-state index in [-0.39, 0.29) is 63.1 Å². The van der Waals surface area contributed by atoms with Gasteiger partial charge in [-0.25, -0.2) is 0 Å². The second kappa shape index (κ2) is 30.7. The van der Waals surface area contributed by atoms with Crippen molar-refractivity contribution >= 4 is 70.9 Å². The highest BCUT2D eigenvalue weighted by Crippen LogP contribution is 2.20. The average molecular weight is 979 g/mol. The van der Waals surface area contributed by atoms with Gasteiger partial charge < -0.3 is 69.5 Å². The number of nitrogens with zero attached hydrogens (tertiary/aromatic N) is 3. The Morgan fingerprint density at radius 1 is 0.667 bits per heavy atom. The van der Waals surface area contributed by atoms with Gasteiger partial charge in [0, 0.05) is 40.0 Å². The number of carbonyl (C=O) groups excluding carboxylic acids is 11. The molecule has 0 spiro atoms. The summed E-state index contributed by atoms with van der Waals surface area (Å²) in [5, 5.41) is 20.7. The molecule has 0 saturated carbocycles. The van der Waals surface area contributed by atoms with E-state index in [2.05, 4.69) is 47.5 Å². The molecule has 0 aromatic carbocycles. The molecule has 1 rings (SSSR count). The van der Waals surface area contributed by atoms with Gasteiger partial charge in [-0.15, -0.1) is 0 Å². The standard InChI is InChI=1S/C44H78N14O11/c1-10-25(6)36(56-41(67)35(24(4)5)54-33(62)21-50-34(63)23-57(9)27(8)59)40(66)51-22-32(61)52-28(17-18-31(45)60)38(64)55-37(26(7)11-2)42(68)53-29(15-13-19-49-44(46)47)43(69)58-20-14-16-30(58)39(65)48-12-3/h24-26,28-30,35-37H,10-23H2,1-9H3,(H2,45,60)(H,48,65)(H,50,63)(H,51,66)(H,52,61)(H,53,68)(H,54,62)(H,55,64)(H,56,67)(H4,46,47,49)/t25-,26-,28-,29-,30-,35-,36+,37-/m0/s1. The van der Waals surface area contributed by atoms with Gasteiger partial charge in [0.2, 0.25) is 65.0 Å². The minimum Gasteiger partial charge on any atom is -0.370 e. The number of hydrogen-bond acceptors (Lipinski definition) is 12. The van der Waals surface area contributed by atoms with Gasteiger partial charge in [-0.1, -0.05) is 54.4 Å². The van der Waals surface area contributed by atoms with E-state index in [4.69, 9.17) is 17.2 Å². The van der Waals surface area contributed by atoms with Crippen molar-refractivity contribution in [3.8, 4) is 0 Å². The number of amides is 11. The van der Waals surface area contributed by atoms with E-state index in [0.717, 1.165) is 4.90 Å². The minimum atomic E-state index is -1.43. The van der Waals surface area contributed by atoms with Crippen LogP contribution in [-0.4, -0.2) is 163 Å². The van der Waals surface area contributed by atoms with Crippen molar-refractivity contribution in [2.75, 3.05) is 46.3 Å². The molecule has 0 unspecified atom stereocenters. The molecule has 14 N–H and O–H groups in total. The number of guanidine groups is 1. The minimum absolute atomic E-state index is 0.0879. The molecule has 1 fully saturated rings. The lowest BCUT2D eigenvalue weighted by Gasteiger charge is -2.31. The molecule has 1 aliphatic heterocycles. The van der Waals surface area contributed by atoms with E-state index in [1.54, 1.807) is 48.5 Å². The average Bonchev–Trinajstić information content (AvgIpc) is 3.79. The molecular weight excluding hydrogens is 901 g/mol. The molecule has 0 aromatic heterocycles. The van der Waals surface area contributed by atoms with E-state index in [1.165, 1.54) is 18.9 Å². The van der Waals surface area contributed by atoms with Crippen LogP contribution in [-0.2, 0) is 52.7 Å². The van der Waals surface area contributed by atoms with Crippen LogP contribution in [0.3, 0.4) is 0 Å². The van der Waals surface area contributed by atoms with Crippen LogP contribution in [0.4, 0.5) is 0 Å². The van der Waals surface area contributed by atoms with Crippen molar-refractivity contribution in [2.45, 2.75) is 143 Å². The summed E-state index contributed by atoms with van der Waals surface area (Å²) in [5.74, 6) is -8.79. The summed E-state index contributed by atoms with van der Waals surface area (Å²) in [6.45, 7) is 12.6. The van der Waals surface area contributed by atoms with Crippen molar-refractivity contribution in [1.29, 1.82) is 0 Å². The van der Waals surface area contributed by atoms with Crippen molar-refractivity contribution in [3.63, 3.8) is 0 Å². The summed E-state index contributed by atoms with van der Waals surface area (Å²) < 4.78 is 0. The van der Waals surface area contributed by atoms with Crippen LogP contribution in [0.25, 0.3) is 0 Å². The third kappa shape index (κ3) is 21.5. The van der Waals surface area contributed by atoms with Gasteiger partial charge in [-0.3, -0.25) is 57.7 Å². The summed E-state index contributed by atoms with van der Waals surface area (Å²) in [7, 11) is 1.42. The molecule has 0 bridgehead atoms. The molecule has 0 aliphatic carbocycles. The predicted octanol–water partition coefficient (Wildman–Crippen LogP) is -3.68. The van der Waals surface area contributed by atoms with E-state index in [9.17, 15) is 52.7 Å². The van der Waals surface area contributed by atoms with Crippen molar-refractivity contribution in [2.24, 2.45) is 39.9 Å². The largest absolute Gasteiger partial charge is 0.370 e. The number of nitrogens with two attached hydrogens (primary N) is 3. The Balaban J connectivity index is 3.21. The van der Waals surface area contributed by atoms with Crippen LogP contribution in [0.1, 0.15) is 107 Å². The first-order chi connectivity index (χ1) is 32.4. The topological polar surface area (TPSA) is 381 Å². The lowest BCUT2D eigenvalue weighted by molar-refractivity contribution is -0.142. The van der Waals surface area contributed by atoms with Crippen LogP contribution in [0.5, 0.6) is 0 Å². The van der Waals surface area contributed by atoms with Gasteiger partial charge in [0.15, 0.2) is 5.96 Å². The second-order valence-electron chi connectivity index (χ2n) is 17.6. The molecule has 0 aromatic rings. The Labute approximate surface area is 404 Å². The van der Waals surface area contributed by atoms with Crippen LogP contribution < -0.4 is 59.7 Å². The quantitative estimate of drug-likeness (QED) is 0.0188. The Bertz CT molecular complexity index is 1840. The highest BCUT2D eigenvalue weighted by Gasteiger charge is 2.39. The van der Waals surface area contributed by atoms with Gasteiger partial charge in [-0.2, -0.15) is 0 Å². The van der Waals surface area contributed by atoms with Crippen molar-refractivity contribution < 1.29 is 52.7 Å². The molecule has 25 nitrogen and oxygen atoms in total. The number of likely N-dealkylation sites (tertiary alicyclic amines) is 1. The fraction of sp³-hybridized carbons (Fsp3) is 0.727. The lowest BCUT2D eigenvalue weighted by atomic mass is 9.96. The number of likely N-dealkylation sites (N-methyl/N-ethyl adjacent to an activating group) is 2. The molecule has 0 radical (unpaired) electrons. The number of primary amides is 1. The van der Waals surface area contributed by atoms with Gasteiger partial charge >= 0.3 is 0 Å². The number of rotatable bonds is 30. The maximum absolute atomic E-state index is 14.1. The van der Waals surface area contributed by atoms with Gasteiger partial charge in [-0.05, 0) is 56.8 Å². The highest BCUT2D eigenvalue weighted by molar-refractivity contribution is 5.97. The summed E-state index contributed by atoms with van der Waals surface area (Å²) in [5.41, 5.74) is 16.3. The second-order valence-corrected chi connectivity index (χ2v) is 17.6. The molecular formula is C44H78N14O11. The molecule has 11 amide bonds. The van der Waals surface area contributed by atoms with Gasteiger partial charge in [0.25, 0.3) is 0 Å². The summed E-state index contributed by atoms with van der Waals surface area (Å²) in [4.78, 5) is 150. The SMILES string of the molecule is CCNC(=O)[C@@H]1CCCN1C(=O)[C@H](CCCN=C(N)N)NC(=O)[C@@H](NC(=O)[C@H](CCC(N)=O)NC(=O)CNC(=O)[C@H](NC(=O)[C@@H](NC(=O)CNC(=O)CN(C)C(C)=O)C(C)C)[C@@H](C)CC)[C@@H](C)CC. The zero-order chi connectivity index (χ0) is 52.5. The summed E-state index contributed by atoms with van der Waals surface area (Å²) in [6, 6.07) is -6.88. The first-order valence-corrected chi connectivity index (χ1v) is 23.6. The third-order valence-electron chi connectivity index (χ3n) is 11.7. The fourth-order valence-electron chi connectivity index (χ4n) is 7.12. The Morgan fingerprint density at radius 3 is 1.78 bits per heavy atom. The fourth-order valence-corrected chi connectivity index (χ4v) is 7.12. The van der Waals surface area contributed by atoms with E-state index in [0.29, 0.717) is 32.2 Å². The van der Waals surface area contributed by atoms with Crippen LogP contribution in [0.15, 0.2) is 4.99 Å². The first-order valence-electron chi connectivity index (χ1n) is 23.6. The van der Waals surface area contributed by atoms with Crippen LogP contribution in [0.2, 0.25) is 0 Å². The normalized spacial score (nSPS) is 16.1. The molecule has 1 saturated heterocycles. The van der Waals surface area contributed by atoms with Crippen molar-refractivity contribution in [3.05, 3.63) is 0 Å². The molecule has 1 aliphatic rings. The maximum Gasteiger partial charge on any atom is 0.245 e. The Kier molecular flexibility index (Phi) is 26.9. The molecule has 69 heavy (non-hydrogen) atoms. The molecule has 1 heterocycles. The summed E-state index contributed by atoms with van der Waals surface area (Å²) >= 11 is 0. The van der Waals surface area contributed by atoms with Crippen molar-refractivity contribution in [1.82, 2.24) is 52.3 Å². The third-order valence-corrected chi connectivity index (χ3v) is 11.7. The number of aliphatic imine (C=N–C) groups is 1. The van der Waals surface area contributed by atoms with Crippen LogP contribution in [0, 0.1) is 17.8 Å². The maximum atomic E-state index is 14.1. The molecule has 390 valence electrons. The van der Waals surface area contributed by atoms with Gasteiger partial charge in [0.1, 0.15) is 36.3 Å². The highest BCUT2D eigenvalue weighted by atomic mass is 16.2. The Hall–Kier alpha value is -6.56. The zero-order valence-corrected chi connectivity index (χ0v) is 41.7.